The zero-order valence-corrected chi connectivity index (χ0v) is 5.80. The SMILES string of the molecule is Cn1nnc(/C=C\C(=O)O)n1. The van der Waals surface area contributed by atoms with Gasteiger partial charge in [-0.1, -0.05) is 0 Å². The highest BCUT2D eigenvalue weighted by molar-refractivity contribution is 5.84. The first-order chi connectivity index (χ1) is 5.18. The van der Waals surface area contributed by atoms with E-state index in [1.165, 1.54) is 10.9 Å². The molecule has 0 bridgehead atoms. The molecule has 6 nitrogen and oxygen atoms in total. The van der Waals surface area contributed by atoms with Crippen molar-refractivity contribution in [2.75, 3.05) is 0 Å². The van der Waals surface area contributed by atoms with E-state index < -0.39 is 5.97 Å². The van der Waals surface area contributed by atoms with Crippen molar-refractivity contribution in [3.05, 3.63) is 11.9 Å². The van der Waals surface area contributed by atoms with Crippen LogP contribution in [0.4, 0.5) is 0 Å². The highest BCUT2D eigenvalue weighted by atomic mass is 16.4. The maximum Gasteiger partial charge on any atom is 0.328 e. The predicted octanol–water partition coefficient (Wildman–Crippen LogP) is -0.692. The van der Waals surface area contributed by atoms with E-state index in [1.807, 2.05) is 0 Å². The Hall–Kier alpha value is -1.72. The van der Waals surface area contributed by atoms with E-state index in [0.29, 0.717) is 0 Å². The van der Waals surface area contributed by atoms with Gasteiger partial charge in [0.2, 0.25) is 0 Å². The molecule has 0 saturated carbocycles. The number of aliphatic carboxylic acids is 1. The third-order valence-corrected chi connectivity index (χ3v) is 0.899. The van der Waals surface area contributed by atoms with Crippen LogP contribution in [0.3, 0.4) is 0 Å². The van der Waals surface area contributed by atoms with Gasteiger partial charge in [0.25, 0.3) is 0 Å². The van der Waals surface area contributed by atoms with Crippen molar-refractivity contribution < 1.29 is 9.90 Å². The van der Waals surface area contributed by atoms with E-state index in [4.69, 9.17) is 5.11 Å². The molecule has 0 aliphatic rings. The first-order valence-corrected chi connectivity index (χ1v) is 2.83. The zero-order valence-electron chi connectivity index (χ0n) is 5.80. The number of hydrogen-bond acceptors (Lipinski definition) is 4. The normalized spacial score (nSPS) is 10.6. The molecule has 0 fully saturated rings. The lowest BCUT2D eigenvalue weighted by Gasteiger charge is -1.77. The molecule has 11 heavy (non-hydrogen) atoms. The van der Waals surface area contributed by atoms with Gasteiger partial charge in [0.15, 0.2) is 5.82 Å². The van der Waals surface area contributed by atoms with E-state index in [-0.39, 0.29) is 5.82 Å². The molecule has 0 spiro atoms. The van der Waals surface area contributed by atoms with Gasteiger partial charge in [-0.2, -0.15) is 4.80 Å². The smallest absolute Gasteiger partial charge is 0.328 e. The highest BCUT2D eigenvalue weighted by Crippen LogP contribution is 1.88. The molecule has 0 unspecified atom stereocenters. The van der Waals surface area contributed by atoms with Gasteiger partial charge >= 0.3 is 5.97 Å². The number of nitrogens with zero attached hydrogens (tertiary/aromatic N) is 4. The van der Waals surface area contributed by atoms with Crippen LogP contribution < -0.4 is 0 Å². The molecule has 0 saturated heterocycles. The van der Waals surface area contributed by atoms with Crippen molar-refractivity contribution in [2.45, 2.75) is 0 Å². The summed E-state index contributed by atoms with van der Waals surface area (Å²) in [5.74, 6) is -0.743. The van der Waals surface area contributed by atoms with Gasteiger partial charge in [-0.05, 0) is 11.3 Å². The highest BCUT2D eigenvalue weighted by Gasteiger charge is 1.94. The Morgan fingerprint density at radius 1 is 1.73 bits per heavy atom. The number of carbonyl (C=O) groups is 1. The van der Waals surface area contributed by atoms with Crippen LogP contribution in [0, 0.1) is 0 Å². The van der Waals surface area contributed by atoms with Crippen molar-refractivity contribution in [3.63, 3.8) is 0 Å². The van der Waals surface area contributed by atoms with Gasteiger partial charge in [0.05, 0.1) is 7.05 Å². The second-order valence-electron chi connectivity index (χ2n) is 1.81. The molecular formula is C5H6N4O2. The molecule has 0 aliphatic heterocycles. The van der Waals surface area contributed by atoms with Gasteiger partial charge in [-0.3, -0.25) is 0 Å². The summed E-state index contributed by atoms with van der Waals surface area (Å²) in [5, 5.41) is 19.0. The zero-order chi connectivity index (χ0) is 8.27. The van der Waals surface area contributed by atoms with Gasteiger partial charge in [0.1, 0.15) is 0 Å². The molecule has 1 heterocycles. The lowest BCUT2D eigenvalue weighted by atomic mass is 10.5. The summed E-state index contributed by atoms with van der Waals surface area (Å²) in [6.45, 7) is 0. The van der Waals surface area contributed by atoms with E-state index in [1.54, 1.807) is 7.05 Å². The van der Waals surface area contributed by atoms with Crippen molar-refractivity contribution in [1.82, 2.24) is 20.2 Å². The van der Waals surface area contributed by atoms with E-state index in [2.05, 4.69) is 15.4 Å². The van der Waals surface area contributed by atoms with E-state index >= 15 is 0 Å². The lowest BCUT2D eigenvalue weighted by molar-refractivity contribution is -0.131. The van der Waals surface area contributed by atoms with Crippen LogP contribution in [0.25, 0.3) is 6.08 Å². The number of rotatable bonds is 2. The van der Waals surface area contributed by atoms with Gasteiger partial charge in [-0.25, -0.2) is 4.79 Å². The molecular weight excluding hydrogens is 148 g/mol. The molecule has 6 heteroatoms. The Labute approximate surface area is 62.1 Å². The maximum atomic E-state index is 10.0. The Balaban J connectivity index is 2.71. The summed E-state index contributed by atoms with van der Waals surface area (Å²) in [5.41, 5.74) is 0. The standard InChI is InChI=1S/C5H6N4O2/c1-9-7-4(6-8-9)2-3-5(10)11/h2-3H,1H3,(H,10,11)/b3-2-. The fourth-order valence-corrected chi connectivity index (χ4v) is 0.511. The van der Waals surface area contributed by atoms with Gasteiger partial charge in [0, 0.05) is 6.08 Å². The molecule has 1 aromatic heterocycles. The first-order valence-electron chi connectivity index (χ1n) is 2.83. The van der Waals surface area contributed by atoms with Crippen molar-refractivity contribution >= 4 is 12.0 Å². The molecule has 0 aromatic carbocycles. The van der Waals surface area contributed by atoms with Crippen LogP contribution >= 0.6 is 0 Å². The van der Waals surface area contributed by atoms with Crippen molar-refractivity contribution in [1.29, 1.82) is 0 Å². The Morgan fingerprint density at radius 2 is 2.45 bits per heavy atom. The fourth-order valence-electron chi connectivity index (χ4n) is 0.511. The van der Waals surface area contributed by atoms with Crippen LogP contribution in [0.2, 0.25) is 0 Å². The Bertz CT molecular complexity index is 290. The summed E-state index contributed by atoms with van der Waals surface area (Å²) < 4.78 is 0. The molecule has 0 amide bonds. The molecule has 1 N–H and O–H groups in total. The minimum Gasteiger partial charge on any atom is -0.478 e. The molecule has 1 rings (SSSR count). The second-order valence-corrected chi connectivity index (χ2v) is 1.81. The number of aryl methyl sites for hydroxylation is 1. The predicted molar refractivity (Wildman–Crippen MR) is 35.5 cm³/mol. The van der Waals surface area contributed by atoms with Crippen LogP contribution in [0.1, 0.15) is 5.82 Å². The summed E-state index contributed by atoms with van der Waals surface area (Å²) in [6, 6.07) is 0. The number of carboxylic acid groups (broad SMARTS) is 1. The monoisotopic (exact) mass is 154 g/mol. The fraction of sp³-hybridized carbons (Fsp3) is 0.200. The van der Waals surface area contributed by atoms with Crippen LogP contribution in [-0.2, 0) is 11.8 Å². The molecule has 1 aromatic rings. The largest absolute Gasteiger partial charge is 0.478 e. The molecule has 0 atom stereocenters. The average Bonchev–Trinajstić information content (AvgIpc) is 2.31. The summed E-state index contributed by atoms with van der Waals surface area (Å²) in [7, 11) is 1.60. The minimum atomic E-state index is -1.03. The Kier molecular flexibility index (Phi) is 1.95. The number of tetrazole rings is 1. The molecule has 0 radical (unpaired) electrons. The van der Waals surface area contributed by atoms with Crippen molar-refractivity contribution in [3.8, 4) is 0 Å². The first kappa shape index (κ1) is 7.39. The number of aromatic nitrogens is 4. The third-order valence-electron chi connectivity index (χ3n) is 0.899. The summed E-state index contributed by atoms with van der Waals surface area (Å²) in [4.78, 5) is 11.3. The summed E-state index contributed by atoms with van der Waals surface area (Å²) >= 11 is 0. The van der Waals surface area contributed by atoms with Gasteiger partial charge in [-0.15, -0.1) is 10.2 Å². The maximum absolute atomic E-state index is 10.0. The lowest BCUT2D eigenvalue weighted by Crippen LogP contribution is -1.92. The minimum absolute atomic E-state index is 0.287. The number of carboxylic acids is 1. The van der Waals surface area contributed by atoms with E-state index in [9.17, 15) is 4.79 Å². The van der Waals surface area contributed by atoms with Crippen LogP contribution in [0.15, 0.2) is 6.08 Å². The Morgan fingerprint density at radius 3 is 2.91 bits per heavy atom. The number of hydrogen-bond donors (Lipinski definition) is 1. The molecule has 0 aliphatic carbocycles. The van der Waals surface area contributed by atoms with Crippen LogP contribution in [-0.4, -0.2) is 31.3 Å². The molecule has 58 valence electrons. The van der Waals surface area contributed by atoms with Crippen LogP contribution in [0.5, 0.6) is 0 Å². The summed E-state index contributed by atoms with van der Waals surface area (Å²) in [6.07, 6.45) is 2.23. The van der Waals surface area contributed by atoms with Crippen molar-refractivity contribution in [2.24, 2.45) is 7.05 Å². The van der Waals surface area contributed by atoms with Gasteiger partial charge < -0.3 is 5.11 Å². The average molecular weight is 154 g/mol. The second kappa shape index (κ2) is 2.91. The quantitative estimate of drug-likeness (QED) is 0.570. The third kappa shape index (κ3) is 2.17. The topological polar surface area (TPSA) is 80.9 Å². The van der Waals surface area contributed by atoms with E-state index in [0.717, 1.165) is 6.08 Å².